The van der Waals surface area contributed by atoms with Crippen LogP contribution in [0.4, 0.5) is 0 Å². The Hall–Kier alpha value is -0.450. The van der Waals surface area contributed by atoms with Gasteiger partial charge < -0.3 is 15.3 Å². The average Bonchev–Trinajstić information content (AvgIpc) is 1.93. The predicted octanol–water partition coefficient (Wildman–Crippen LogP) is -1.57. The van der Waals surface area contributed by atoms with Crippen LogP contribution in [0.15, 0.2) is 0 Å². The van der Waals surface area contributed by atoms with E-state index in [1.165, 1.54) is 0 Å². The molecule has 0 heterocycles. The summed E-state index contributed by atoms with van der Waals surface area (Å²) in [5.41, 5.74) is 0. The Bertz CT molecular complexity index is 145. The Balaban J connectivity index is 2.60. The minimum absolute atomic E-state index is 0.152. The SMILES string of the molecule is O=C1CC[C@H](O)C(O)[C@@H]1O. The van der Waals surface area contributed by atoms with Crippen LogP contribution in [-0.4, -0.2) is 39.4 Å². The van der Waals surface area contributed by atoms with Gasteiger partial charge in [0.2, 0.25) is 0 Å². The molecule has 0 radical (unpaired) electrons. The Morgan fingerprint density at radius 2 is 1.90 bits per heavy atom. The first-order valence-corrected chi connectivity index (χ1v) is 3.20. The summed E-state index contributed by atoms with van der Waals surface area (Å²) in [6.45, 7) is 0. The standard InChI is InChI=1S/C6H10O4/c7-3-1-2-4(8)6(10)5(3)9/h3,5-7,9-10H,1-2H2/t3-,5?,6+/m0/s1. The number of Topliss-reactive ketones (excluding diaryl/α,β-unsaturated/α-hetero) is 1. The van der Waals surface area contributed by atoms with E-state index in [-0.39, 0.29) is 12.8 Å². The molecule has 0 aromatic rings. The highest BCUT2D eigenvalue weighted by Crippen LogP contribution is 2.15. The summed E-state index contributed by atoms with van der Waals surface area (Å²) in [5.74, 6) is -0.391. The van der Waals surface area contributed by atoms with Crippen LogP contribution >= 0.6 is 0 Å². The molecule has 3 N–H and O–H groups in total. The van der Waals surface area contributed by atoms with Crippen LogP contribution in [0.25, 0.3) is 0 Å². The fourth-order valence-corrected chi connectivity index (χ4v) is 1.01. The van der Waals surface area contributed by atoms with Crippen molar-refractivity contribution in [2.45, 2.75) is 31.2 Å². The summed E-state index contributed by atoms with van der Waals surface area (Å²) in [7, 11) is 0. The van der Waals surface area contributed by atoms with Gasteiger partial charge in [-0.1, -0.05) is 0 Å². The van der Waals surface area contributed by atoms with E-state index in [0.717, 1.165) is 0 Å². The van der Waals surface area contributed by atoms with E-state index in [1.807, 2.05) is 0 Å². The maximum absolute atomic E-state index is 10.6. The van der Waals surface area contributed by atoms with E-state index >= 15 is 0 Å². The molecule has 0 spiro atoms. The fourth-order valence-electron chi connectivity index (χ4n) is 1.01. The number of ketones is 1. The molecule has 1 unspecified atom stereocenters. The zero-order valence-electron chi connectivity index (χ0n) is 5.40. The molecule has 4 heteroatoms. The summed E-state index contributed by atoms with van der Waals surface area (Å²) in [6.07, 6.45) is -3.23. The topological polar surface area (TPSA) is 77.8 Å². The third kappa shape index (κ3) is 1.18. The Morgan fingerprint density at radius 1 is 1.30 bits per heavy atom. The van der Waals surface area contributed by atoms with Gasteiger partial charge in [0.05, 0.1) is 6.10 Å². The molecule has 0 aliphatic heterocycles. The molecule has 0 bridgehead atoms. The van der Waals surface area contributed by atoms with Gasteiger partial charge in [-0.25, -0.2) is 0 Å². The van der Waals surface area contributed by atoms with Crippen LogP contribution in [-0.2, 0) is 4.79 Å². The van der Waals surface area contributed by atoms with Crippen molar-refractivity contribution in [3.05, 3.63) is 0 Å². The molecule has 1 rings (SSSR count). The van der Waals surface area contributed by atoms with Crippen LogP contribution in [0, 0.1) is 0 Å². The third-order valence-corrected chi connectivity index (χ3v) is 1.73. The normalized spacial score (nSPS) is 41.9. The first-order valence-electron chi connectivity index (χ1n) is 3.20. The van der Waals surface area contributed by atoms with E-state index < -0.39 is 24.1 Å². The lowest BCUT2D eigenvalue weighted by atomic mass is 9.91. The molecule has 1 saturated carbocycles. The number of hydrogen-bond donors (Lipinski definition) is 3. The Morgan fingerprint density at radius 3 is 2.40 bits per heavy atom. The van der Waals surface area contributed by atoms with Gasteiger partial charge in [-0.05, 0) is 6.42 Å². The molecule has 0 amide bonds. The molecule has 10 heavy (non-hydrogen) atoms. The monoisotopic (exact) mass is 146 g/mol. The highest BCUT2D eigenvalue weighted by Gasteiger charge is 2.34. The van der Waals surface area contributed by atoms with Crippen molar-refractivity contribution in [1.29, 1.82) is 0 Å². The summed E-state index contributed by atoms with van der Waals surface area (Å²) in [6, 6.07) is 0. The predicted molar refractivity (Wildman–Crippen MR) is 32.3 cm³/mol. The van der Waals surface area contributed by atoms with Crippen molar-refractivity contribution in [2.75, 3.05) is 0 Å². The molecular formula is C6H10O4. The number of rotatable bonds is 0. The molecule has 0 aromatic carbocycles. The summed E-state index contributed by atoms with van der Waals surface area (Å²) in [4.78, 5) is 10.6. The molecular weight excluding hydrogens is 136 g/mol. The minimum atomic E-state index is -1.39. The van der Waals surface area contributed by atoms with Crippen LogP contribution in [0.5, 0.6) is 0 Å². The second-order valence-corrected chi connectivity index (χ2v) is 2.51. The first-order chi connectivity index (χ1) is 4.63. The van der Waals surface area contributed by atoms with Gasteiger partial charge in [-0.2, -0.15) is 0 Å². The Labute approximate surface area is 58.1 Å². The maximum atomic E-state index is 10.6. The van der Waals surface area contributed by atoms with Gasteiger partial charge in [-0.15, -0.1) is 0 Å². The van der Waals surface area contributed by atoms with Crippen LogP contribution in [0.1, 0.15) is 12.8 Å². The molecule has 0 saturated heterocycles. The third-order valence-electron chi connectivity index (χ3n) is 1.73. The van der Waals surface area contributed by atoms with E-state index in [4.69, 9.17) is 15.3 Å². The zero-order chi connectivity index (χ0) is 7.72. The number of hydrogen-bond acceptors (Lipinski definition) is 4. The molecule has 1 fully saturated rings. The number of aliphatic hydroxyl groups is 3. The van der Waals surface area contributed by atoms with E-state index in [2.05, 4.69) is 0 Å². The quantitative estimate of drug-likeness (QED) is 0.386. The molecule has 1 aliphatic rings. The van der Waals surface area contributed by atoms with Crippen LogP contribution in [0.2, 0.25) is 0 Å². The van der Waals surface area contributed by atoms with Crippen LogP contribution < -0.4 is 0 Å². The highest BCUT2D eigenvalue weighted by molar-refractivity contribution is 5.84. The van der Waals surface area contributed by atoms with Gasteiger partial charge in [-0.3, -0.25) is 4.79 Å². The minimum Gasteiger partial charge on any atom is -0.390 e. The lowest BCUT2D eigenvalue weighted by Gasteiger charge is -2.26. The zero-order valence-corrected chi connectivity index (χ0v) is 5.40. The molecule has 1 aliphatic carbocycles. The van der Waals surface area contributed by atoms with Gasteiger partial charge in [0, 0.05) is 6.42 Å². The maximum Gasteiger partial charge on any atom is 0.164 e. The van der Waals surface area contributed by atoms with E-state index in [9.17, 15) is 4.79 Å². The molecule has 3 atom stereocenters. The van der Waals surface area contributed by atoms with Gasteiger partial charge in [0.15, 0.2) is 5.78 Å². The second-order valence-electron chi connectivity index (χ2n) is 2.51. The summed E-state index contributed by atoms with van der Waals surface area (Å²) in [5, 5.41) is 26.7. The summed E-state index contributed by atoms with van der Waals surface area (Å²) >= 11 is 0. The van der Waals surface area contributed by atoms with Gasteiger partial charge >= 0.3 is 0 Å². The molecule has 4 nitrogen and oxygen atoms in total. The number of carbonyl (C=O) groups is 1. The second kappa shape index (κ2) is 2.65. The van der Waals surface area contributed by atoms with Crippen LogP contribution in [0.3, 0.4) is 0 Å². The Kier molecular flexibility index (Phi) is 2.03. The van der Waals surface area contributed by atoms with Crippen molar-refractivity contribution in [1.82, 2.24) is 0 Å². The van der Waals surface area contributed by atoms with Crippen molar-refractivity contribution < 1.29 is 20.1 Å². The van der Waals surface area contributed by atoms with Gasteiger partial charge in [0.25, 0.3) is 0 Å². The number of carbonyl (C=O) groups excluding carboxylic acids is 1. The fraction of sp³-hybridized carbons (Fsp3) is 0.833. The average molecular weight is 146 g/mol. The first kappa shape index (κ1) is 7.65. The smallest absolute Gasteiger partial charge is 0.164 e. The van der Waals surface area contributed by atoms with Crippen molar-refractivity contribution in [3.63, 3.8) is 0 Å². The van der Waals surface area contributed by atoms with Crippen molar-refractivity contribution >= 4 is 5.78 Å². The molecule has 58 valence electrons. The van der Waals surface area contributed by atoms with Crippen molar-refractivity contribution in [3.8, 4) is 0 Å². The largest absolute Gasteiger partial charge is 0.390 e. The highest BCUT2D eigenvalue weighted by atomic mass is 16.4. The van der Waals surface area contributed by atoms with E-state index in [0.29, 0.717) is 0 Å². The number of aliphatic hydroxyl groups excluding tert-OH is 3. The van der Waals surface area contributed by atoms with E-state index in [1.54, 1.807) is 0 Å². The summed E-state index contributed by atoms with van der Waals surface area (Å²) < 4.78 is 0. The lowest BCUT2D eigenvalue weighted by molar-refractivity contribution is -0.146. The lowest BCUT2D eigenvalue weighted by Crippen LogP contribution is -2.46. The molecule has 0 aromatic heterocycles. The van der Waals surface area contributed by atoms with Gasteiger partial charge in [0.1, 0.15) is 12.2 Å². The van der Waals surface area contributed by atoms with Crippen molar-refractivity contribution in [2.24, 2.45) is 0 Å².